The summed E-state index contributed by atoms with van der Waals surface area (Å²) in [5.41, 5.74) is 3.12. The summed E-state index contributed by atoms with van der Waals surface area (Å²) in [6.45, 7) is 0. The van der Waals surface area contributed by atoms with Gasteiger partial charge in [-0.15, -0.1) is 0 Å². The van der Waals surface area contributed by atoms with E-state index in [1.165, 1.54) is 18.4 Å². The lowest BCUT2D eigenvalue weighted by Crippen LogP contribution is -2.41. The highest BCUT2D eigenvalue weighted by Gasteiger charge is 2.33. The van der Waals surface area contributed by atoms with Crippen LogP contribution in [0.5, 0.6) is 5.75 Å². The van der Waals surface area contributed by atoms with Gasteiger partial charge < -0.3 is 10.1 Å². The number of fused-ring (bicyclic) bond motifs is 1. The zero-order chi connectivity index (χ0) is 16.5. The van der Waals surface area contributed by atoms with Crippen LogP contribution in [0.15, 0.2) is 40.5 Å². The minimum atomic E-state index is 0.215. The number of methoxy groups -OCH3 is 1. The van der Waals surface area contributed by atoms with E-state index in [4.69, 9.17) is 9.73 Å². The maximum absolute atomic E-state index is 12.7. The third-order valence-corrected chi connectivity index (χ3v) is 5.58. The minimum Gasteiger partial charge on any atom is -0.497 e. The van der Waals surface area contributed by atoms with Crippen molar-refractivity contribution in [3.05, 3.63) is 41.1 Å². The fourth-order valence-corrected chi connectivity index (χ4v) is 4.18. The van der Waals surface area contributed by atoms with Crippen molar-refractivity contribution in [3.8, 4) is 5.75 Å². The first-order chi connectivity index (χ1) is 11.7. The highest BCUT2D eigenvalue weighted by atomic mass is 16.5. The first kappa shape index (κ1) is 15.4. The second-order valence-electron chi connectivity index (χ2n) is 7.07. The molecule has 126 valence electrons. The van der Waals surface area contributed by atoms with Crippen LogP contribution in [0.25, 0.3) is 0 Å². The highest BCUT2D eigenvalue weighted by Crippen LogP contribution is 2.36. The number of rotatable bonds is 2. The fraction of sp³-hybridized carbons (Fsp3) is 0.500. The monoisotopic (exact) mass is 324 g/mol. The van der Waals surface area contributed by atoms with Crippen molar-refractivity contribution in [2.75, 3.05) is 7.11 Å². The van der Waals surface area contributed by atoms with Gasteiger partial charge in [0.2, 0.25) is 0 Å². The van der Waals surface area contributed by atoms with Gasteiger partial charge in [-0.3, -0.25) is 9.79 Å². The number of nitrogens with zero attached hydrogens (tertiary/aromatic N) is 1. The summed E-state index contributed by atoms with van der Waals surface area (Å²) in [6, 6.07) is 8.83. The molecule has 0 radical (unpaired) electrons. The molecule has 0 unspecified atom stereocenters. The molecule has 1 aromatic rings. The van der Waals surface area contributed by atoms with E-state index >= 15 is 0 Å². The number of ether oxygens (including phenoxy) is 1. The van der Waals surface area contributed by atoms with Crippen LogP contribution in [0.2, 0.25) is 0 Å². The Morgan fingerprint density at radius 3 is 2.71 bits per heavy atom. The standard InChI is InChI=1S/C20H24N2O2/c1-24-15-8-6-13(7-9-15)14-10-19-16(20(23)11-14)12-21-17-4-2-3-5-18(17)22-19/h6-9,12,14,17-18,22H,2-5,10-11H2,1H3/t14-,17-,18+/m0/s1. The average molecular weight is 324 g/mol. The smallest absolute Gasteiger partial charge is 0.166 e. The number of hydrogen-bond acceptors (Lipinski definition) is 4. The molecular weight excluding hydrogens is 300 g/mol. The molecule has 0 aromatic heterocycles. The van der Waals surface area contributed by atoms with Gasteiger partial charge in [0.25, 0.3) is 0 Å². The maximum atomic E-state index is 12.7. The van der Waals surface area contributed by atoms with Gasteiger partial charge in [0.15, 0.2) is 5.78 Å². The van der Waals surface area contributed by atoms with Crippen molar-refractivity contribution in [2.45, 2.75) is 56.5 Å². The molecule has 1 saturated carbocycles. The van der Waals surface area contributed by atoms with E-state index in [9.17, 15) is 4.79 Å². The van der Waals surface area contributed by atoms with Gasteiger partial charge in [-0.1, -0.05) is 25.0 Å². The first-order valence-corrected chi connectivity index (χ1v) is 8.94. The van der Waals surface area contributed by atoms with Crippen LogP contribution in [0.3, 0.4) is 0 Å². The van der Waals surface area contributed by atoms with Crippen LogP contribution in [-0.4, -0.2) is 31.2 Å². The summed E-state index contributed by atoms with van der Waals surface area (Å²) >= 11 is 0. The Kier molecular flexibility index (Phi) is 4.13. The van der Waals surface area contributed by atoms with Crippen molar-refractivity contribution in [2.24, 2.45) is 4.99 Å². The number of aliphatic imine (C=N–C) groups is 1. The zero-order valence-corrected chi connectivity index (χ0v) is 14.1. The van der Waals surface area contributed by atoms with E-state index in [0.29, 0.717) is 18.5 Å². The molecule has 1 fully saturated rings. The largest absolute Gasteiger partial charge is 0.497 e. The molecule has 0 amide bonds. The Bertz CT molecular complexity index is 690. The van der Waals surface area contributed by atoms with Crippen LogP contribution in [-0.2, 0) is 4.79 Å². The Labute approximate surface area is 143 Å². The Morgan fingerprint density at radius 2 is 1.92 bits per heavy atom. The SMILES string of the molecule is COc1ccc([C@@H]2CC(=O)C3=C(C2)N[C@@H]2CCCC[C@@H]2N=C3)cc1. The number of benzene rings is 1. The molecule has 1 heterocycles. The lowest BCUT2D eigenvalue weighted by Gasteiger charge is -2.32. The molecule has 3 aliphatic rings. The predicted octanol–water partition coefficient (Wildman–Crippen LogP) is 3.38. The predicted molar refractivity (Wildman–Crippen MR) is 94.7 cm³/mol. The third-order valence-electron chi connectivity index (χ3n) is 5.58. The molecule has 24 heavy (non-hydrogen) atoms. The minimum absolute atomic E-state index is 0.215. The molecule has 4 heteroatoms. The van der Waals surface area contributed by atoms with Crippen LogP contribution in [0.1, 0.15) is 50.0 Å². The molecular formula is C20H24N2O2. The molecule has 0 saturated heterocycles. The molecule has 0 bridgehead atoms. The van der Waals surface area contributed by atoms with Gasteiger partial charge in [0, 0.05) is 24.4 Å². The van der Waals surface area contributed by atoms with E-state index in [2.05, 4.69) is 17.4 Å². The normalized spacial score (nSPS) is 29.4. The highest BCUT2D eigenvalue weighted by molar-refractivity contribution is 6.15. The summed E-state index contributed by atoms with van der Waals surface area (Å²) in [4.78, 5) is 17.4. The summed E-state index contributed by atoms with van der Waals surface area (Å²) < 4.78 is 5.23. The quantitative estimate of drug-likeness (QED) is 0.907. The van der Waals surface area contributed by atoms with Gasteiger partial charge in [-0.05, 0) is 42.9 Å². The number of carbonyl (C=O) groups is 1. The number of hydrogen-bond donors (Lipinski definition) is 1. The summed E-state index contributed by atoms with van der Waals surface area (Å²) in [5.74, 6) is 1.31. The number of ketones is 1. The van der Waals surface area contributed by atoms with E-state index < -0.39 is 0 Å². The molecule has 3 atom stereocenters. The summed E-state index contributed by atoms with van der Waals surface area (Å²) in [6.07, 6.45) is 8.09. The molecule has 1 aromatic carbocycles. The molecule has 4 nitrogen and oxygen atoms in total. The second kappa shape index (κ2) is 6.42. The zero-order valence-electron chi connectivity index (χ0n) is 14.1. The first-order valence-electron chi connectivity index (χ1n) is 8.94. The van der Waals surface area contributed by atoms with Crippen LogP contribution < -0.4 is 10.1 Å². The fourth-order valence-electron chi connectivity index (χ4n) is 4.18. The molecule has 1 N–H and O–H groups in total. The summed E-state index contributed by atoms with van der Waals surface area (Å²) in [5, 5.41) is 3.68. The van der Waals surface area contributed by atoms with Gasteiger partial charge in [-0.25, -0.2) is 0 Å². The molecule has 1 aliphatic heterocycles. The third kappa shape index (κ3) is 2.85. The Hall–Kier alpha value is -2.10. The van der Waals surface area contributed by atoms with Gasteiger partial charge in [-0.2, -0.15) is 0 Å². The van der Waals surface area contributed by atoms with Crippen LogP contribution in [0.4, 0.5) is 0 Å². The number of Topliss-reactive ketones (excluding diaryl/α,β-unsaturated/α-hetero) is 1. The van der Waals surface area contributed by atoms with Crippen LogP contribution in [0, 0.1) is 0 Å². The maximum Gasteiger partial charge on any atom is 0.166 e. The molecule has 4 rings (SSSR count). The summed E-state index contributed by atoms with van der Waals surface area (Å²) in [7, 11) is 1.67. The number of nitrogens with one attached hydrogen (secondary N) is 1. The molecule has 0 spiro atoms. The Morgan fingerprint density at radius 1 is 1.12 bits per heavy atom. The number of allylic oxidation sites excluding steroid dienone is 2. The molecule has 2 aliphatic carbocycles. The second-order valence-corrected chi connectivity index (χ2v) is 7.07. The van der Waals surface area contributed by atoms with Crippen LogP contribution >= 0.6 is 0 Å². The average Bonchev–Trinajstić information content (AvgIpc) is 2.81. The van der Waals surface area contributed by atoms with E-state index in [1.807, 2.05) is 18.3 Å². The van der Waals surface area contributed by atoms with Crippen molar-refractivity contribution in [1.29, 1.82) is 0 Å². The van der Waals surface area contributed by atoms with Crippen molar-refractivity contribution in [3.63, 3.8) is 0 Å². The Balaban J connectivity index is 1.58. The lowest BCUT2D eigenvalue weighted by atomic mass is 9.81. The topological polar surface area (TPSA) is 50.7 Å². The van der Waals surface area contributed by atoms with Gasteiger partial charge >= 0.3 is 0 Å². The van der Waals surface area contributed by atoms with E-state index in [-0.39, 0.29) is 11.7 Å². The van der Waals surface area contributed by atoms with E-state index in [0.717, 1.165) is 36.3 Å². The van der Waals surface area contributed by atoms with Gasteiger partial charge in [0.05, 0.1) is 18.7 Å². The van der Waals surface area contributed by atoms with Crippen molar-refractivity contribution >= 4 is 12.0 Å². The van der Waals surface area contributed by atoms with Gasteiger partial charge in [0.1, 0.15) is 5.75 Å². The lowest BCUT2D eigenvalue weighted by molar-refractivity contribution is -0.115. The number of carbonyl (C=O) groups excluding carboxylic acids is 1. The van der Waals surface area contributed by atoms with E-state index in [1.54, 1.807) is 7.11 Å². The van der Waals surface area contributed by atoms with Crippen molar-refractivity contribution in [1.82, 2.24) is 5.32 Å². The van der Waals surface area contributed by atoms with Crippen molar-refractivity contribution < 1.29 is 9.53 Å².